The molecule has 1 aliphatic rings. The lowest BCUT2D eigenvalue weighted by Crippen LogP contribution is -2.15. The third kappa shape index (κ3) is 6.06. The van der Waals surface area contributed by atoms with Crippen molar-refractivity contribution in [3.63, 3.8) is 0 Å². The number of amides is 1. The number of fused-ring (bicyclic) bond motifs is 1. The monoisotopic (exact) mass is 509 g/mol. The maximum atomic E-state index is 12.7. The zero-order chi connectivity index (χ0) is 24.8. The number of ether oxygens (including phenoxy) is 1. The average molecular weight is 510 g/mol. The van der Waals surface area contributed by atoms with E-state index in [0.29, 0.717) is 34.8 Å². The van der Waals surface area contributed by atoms with Crippen LogP contribution in [0.25, 0.3) is 0 Å². The first-order chi connectivity index (χ1) is 17.0. The standard InChI is InChI=1S/C26H31N5O2S2/c1-4-31-23(15-33-19-12-10-18(11-13-19)17(2)3)29-30-26(31)34-16-24(32)28-25-21(14-27)20-8-6-5-7-9-22(20)35-25/h10-13,17H,4-9,15-16H2,1-3H3,(H,28,32). The molecule has 35 heavy (non-hydrogen) atoms. The molecule has 7 nitrogen and oxygen atoms in total. The van der Waals surface area contributed by atoms with Gasteiger partial charge >= 0.3 is 0 Å². The van der Waals surface area contributed by atoms with Crippen LogP contribution in [0.4, 0.5) is 5.00 Å². The third-order valence-corrected chi connectivity index (χ3v) is 8.32. The topological polar surface area (TPSA) is 92.8 Å². The highest BCUT2D eigenvalue weighted by Gasteiger charge is 2.21. The predicted octanol–water partition coefficient (Wildman–Crippen LogP) is 5.93. The van der Waals surface area contributed by atoms with E-state index in [4.69, 9.17) is 4.74 Å². The van der Waals surface area contributed by atoms with E-state index in [1.54, 1.807) is 11.3 Å². The summed E-state index contributed by atoms with van der Waals surface area (Å²) in [7, 11) is 0. The third-order valence-electron chi connectivity index (χ3n) is 6.14. The van der Waals surface area contributed by atoms with E-state index < -0.39 is 0 Å². The summed E-state index contributed by atoms with van der Waals surface area (Å²) in [6.07, 6.45) is 5.35. The number of rotatable bonds is 9. The number of thiophene rings is 1. The molecule has 2 aromatic heterocycles. The van der Waals surface area contributed by atoms with E-state index in [1.807, 2.05) is 23.6 Å². The molecule has 1 aromatic carbocycles. The minimum absolute atomic E-state index is 0.142. The number of nitriles is 1. The Morgan fingerprint density at radius 3 is 2.71 bits per heavy atom. The maximum absolute atomic E-state index is 12.7. The number of thioether (sulfide) groups is 1. The Kier molecular flexibility index (Phi) is 8.47. The quantitative estimate of drug-likeness (QED) is 0.284. The van der Waals surface area contributed by atoms with Gasteiger partial charge < -0.3 is 14.6 Å². The molecule has 2 heterocycles. The molecule has 4 rings (SSSR count). The molecule has 1 N–H and O–H groups in total. The Morgan fingerprint density at radius 1 is 1.23 bits per heavy atom. The molecule has 9 heteroatoms. The summed E-state index contributed by atoms with van der Waals surface area (Å²) < 4.78 is 7.89. The number of carbonyl (C=O) groups is 1. The fourth-order valence-electron chi connectivity index (χ4n) is 4.19. The van der Waals surface area contributed by atoms with E-state index in [1.165, 1.54) is 28.6 Å². The van der Waals surface area contributed by atoms with Gasteiger partial charge in [-0.15, -0.1) is 21.5 Å². The molecule has 0 fully saturated rings. The maximum Gasteiger partial charge on any atom is 0.235 e. The van der Waals surface area contributed by atoms with Gasteiger partial charge in [-0.25, -0.2) is 0 Å². The van der Waals surface area contributed by atoms with Gasteiger partial charge in [-0.2, -0.15) is 5.26 Å². The molecule has 1 amide bonds. The number of aromatic nitrogens is 3. The molecule has 3 aromatic rings. The summed E-state index contributed by atoms with van der Waals surface area (Å²) in [4.78, 5) is 14.0. The molecule has 1 aliphatic carbocycles. The highest BCUT2D eigenvalue weighted by Crippen LogP contribution is 2.37. The van der Waals surface area contributed by atoms with Gasteiger partial charge in [-0.3, -0.25) is 4.79 Å². The second-order valence-corrected chi connectivity index (χ2v) is 10.9. The molecule has 0 bridgehead atoms. The summed E-state index contributed by atoms with van der Waals surface area (Å²) in [6.45, 7) is 7.33. The highest BCUT2D eigenvalue weighted by atomic mass is 32.2. The number of hydrogen-bond donors (Lipinski definition) is 1. The molecule has 184 valence electrons. The lowest BCUT2D eigenvalue weighted by atomic mass is 10.0. The Morgan fingerprint density at radius 2 is 2.00 bits per heavy atom. The van der Waals surface area contributed by atoms with Crippen molar-refractivity contribution in [2.45, 2.75) is 77.1 Å². The SMILES string of the molecule is CCn1c(COc2ccc(C(C)C)cc2)nnc1SCC(=O)Nc1sc2c(c1C#N)CCCCC2. The zero-order valence-corrected chi connectivity index (χ0v) is 22.1. The van der Waals surface area contributed by atoms with Crippen LogP contribution in [-0.4, -0.2) is 26.4 Å². The van der Waals surface area contributed by atoms with Crippen molar-refractivity contribution in [2.24, 2.45) is 0 Å². The Balaban J connectivity index is 1.35. The molecule has 0 spiro atoms. The van der Waals surface area contributed by atoms with Gasteiger partial charge in [0.2, 0.25) is 5.91 Å². The number of nitrogens with zero attached hydrogens (tertiary/aromatic N) is 4. The Hall–Kier alpha value is -2.83. The van der Waals surface area contributed by atoms with Crippen molar-refractivity contribution >= 4 is 34.0 Å². The fraction of sp³-hybridized carbons (Fsp3) is 0.462. The van der Waals surface area contributed by atoms with Crippen molar-refractivity contribution < 1.29 is 9.53 Å². The molecule has 0 radical (unpaired) electrons. The van der Waals surface area contributed by atoms with Crippen molar-refractivity contribution in [3.8, 4) is 11.8 Å². The summed E-state index contributed by atoms with van der Waals surface area (Å²) in [6, 6.07) is 10.4. The van der Waals surface area contributed by atoms with Gasteiger partial charge in [-0.1, -0.05) is 44.2 Å². The lowest BCUT2D eigenvalue weighted by molar-refractivity contribution is -0.113. The van der Waals surface area contributed by atoms with Gasteiger partial charge in [0, 0.05) is 11.4 Å². The fourth-order valence-corrected chi connectivity index (χ4v) is 6.27. The molecular weight excluding hydrogens is 478 g/mol. The summed E-state index contributed by atoms with van der Waals surface area (Å²) in [5.41, 5.74) is 3.04. The van der Waals surface area contributed by atoms with Crippen LogP contribution in [0.3, 0.4) is 0 Å². The van der Waals surface area contributed by atoms with Crippen molar-refractivity contribution in [2.75, 3.05) is 11.1 Å². The summed E-state index contributed by atoms with van der Waals surface area (Å²) in [5, 5.41) is 22.6. The van der Waals surface area contributed by atoms with Crippen LogP contribution in [0.15, 0.2) is 29.4 Å². The number of anilines is 1. The van der Waals surface area contributed by atoms with Crippen molar-refractivity contribution in [1.29, 1.82) is 5.26 Å². The van der Waals surface area contributed by atoms with Gasteiger partial charge in [0.05, 0.1) is 11.3 Å². The van der Waals surface area contributed by atoms with E-state index in [0.717, 1.165) is 42.8 Å². The number of benzene rings is 1. The molecule has 0 aliphatic heterocycles. The molecule has 0 saturated carbocycles. The van der Waals surface area contributed by atoms with Crippen molar-refractivity contribution in [1.82, 2.24) is 14.8 Å². The lowest BCUT2D eigenvalue weighted by Gasteiger charge is -2.10. The summed E-state index contributed by atoms with van der Waals surface area (Å²) in [5.74, 6) is 2.04. The van der Waals surface area contributed by atoms with Gasteiger partial charge in [0.15, 0.2) is 11.0 Å². The average Bonchev–Trinajstić information content (AvgIpc) is 3.32. The van der Waals surface area contributed by atoms with Crippen molar-refractivity contribution in [3.05, 3.63) is 51.7 Å². The van der Waals surface area contributed by atoms with Gasteiger partial charge in [0.25, 0.3) is 0 Å². The largest absolute Gasteiger partial charge is 0.486 e. The van der Waals surface area contributed by atoms with E-state index >= 15 is 0 Å². The number of carbonyl (C=O) groups excluding carboxylic acids is 1. The van der Waals surface area contributed by atoms with Crippen LogP contribution in [0.1, 0.15) is 73.3 Å². The number of nitrogens with one attached hydrogen (secondary N) is 1. The minimum Gasteiger partial charge on any atom is -0.486 e. The van der Waals surface area contributed by atoms with Crippen LogP contribution in [0, 0.1) is 11.3 Å². The first-order valence-electron chi connectivity index (χ1n) is 12.1. The van der Waals surface area contributed by atoms with E-state index in [2.05, 4.69) is 47.6 Å². The van der Waals surface area contributed by atoms with Crippen LogP contribution in [0.2, 0.25) is 0 Å². The molecule has 0 saturated heterocycles. The van der Waals surface area contributed by atoms with Crippen LogP contribution in [-0.2, 0) is 30.8 Å². The van der Waals surface area contributed by atoms with Gasteiger partial charge in [0.1, 0.15) is 23.4 Å². The van der Waals surface area contributed by atoms with E-state index in [-0.39, 0.29) is 11.7 Å². The zero-order valence-electron chi connectivity index (χ0n) is 20.5. The first-order valence-corrected chi connectivity index (χ1v) is 13.9. The summed E-state index contributed by atoms with van der Waals surface area (Å²) >= 11 is 2.90. The Bertz CT molecular complexity index is 1210. The predicted molar refractivity (Wildman–Crippen MR) is 140 cm³/mol. The first kappa shape index (κ1) is 25.3. The minimum atomic E-state index is -0.142. The van der Waals surface area contributed by atoms with Crippen LogP contribution in [0.5, 0.6) is 5.75 Å². The second kappa shape index (κ2) is 11.7. The highest BCUT2D eigenvalue weighted by molar-refractivity contribution is 7.99. The molecule has 0 unspecified atom stereocenters. The van der Waals surface area contributed by atoms with Crippen LogP contribution >= 0.6 is 23.1 Å². The Labute approximate surface area is 214 Å². The second-order valence-electron chi connectivity index (χ2n) is 8.87. The van der Waals surface area contributed by atoms with Crippen LogP contribution < -0.4 is 10.1 Å². The molecule has 0 atom stereocenters. The molecular formula is C26H31N5O2S2. The van der Waals surface area contributed by atoms with E-state index in [9.17, 15) is 10.1 Å². The number of aryl methyl sites for hydroxylation is 1. The number of hydrogen-bond acceptors (Lipinski definition) is 7. The normalized spacial score (nSPS) is 13.2. The van der Waals surface area contributed by atoms with Gasteiger partial charge in [-0.05, 0) is 61.8 Å². The smallest absolute Gasteiger partial charge is 0.235 e.